The van der Waals surface area contributed by atoms with E-state index in [0.29, 0.717) is 48.8 Å². The molecule has 0 atom stereocenters. The molecule has 0 spiro atoms. The molecule has 1 saturated heterocycles. The zero-order valence-corrected chi connectivity index (χ0v) is 17.2. The van der Waals surface area contributed by atoms with Crippen LogP contribution in [-0.2, 0) is 20.6 Å². The highest BCUT2D eigenvalue weighted by Crippen LogP contribution is 2.33. The molecule has 1 N–H and O–H groups in total. The van der Waals surface area contributed by atoms with Gasteiger partial charge in [0.05, 0.1) is 5.75 Å². The predicted molar refractivity (Wildman–Crippen MR) is 109 cm³/mol. The molecule has 0 bridgehead atoms. The van der Waals surface area contributed by atoms with Crippen LogP contribution in [0.5, 0.6) is 11.5 Å². The average molecular weight is 434 g/mol. The standard InChI is InChI=1S/C21H23FN2O5S/c22-17-3-1-15(2-4-17)14-30(26,27)24-9-7-16(8-10-24)21(25)23-18-5-6-19-20(13-18)29-12-11-28-19/h1-6,13,16H,7-12,14H2,(H,23,25). The Morgan fingerprint density at radius 1 is 1.03 bits per heavy atom. The number of anilines is 1. The van der Waals surface area contributed by atoms with Crippen molar-refractivity contribution in [3.63, 3.8) is 0 Å². The Morgan fingerprint density at radius 3 is 2.40 bits per heavy atom. The van der Waals surface area contributed by atoms with Crippen LogP contribution in [0.15, 0.2) is 42.5 Å². The molecule has 0 saturated carbocycles. The van der Waals surface area contributed by atoms with Crippen molar-refractivity contribution in [2.75, 3.05) is 31.6 Å². The summed E-state index contributed by atoms with van der Waals surface area (Å²) < 4.78 is 50.7. The third kappa shape index (κ3) is 4.73. The average Bonchev–Trinajstić information content (AvgIpc) is 2.75. The van der Waals surface area contributed by atoms with Gasteiger partial charge in [-0.05, 0) is 42.7 Å². The zero-order valence-electron chi connectivity index (χ0n) is 16.3. The van der Waals surface area contributed by atoms with Gasteiger partial charge >= 0.3 is 0 Å². The van der Waals surface area contributed by atoms with Crippen LogP contribution >= 0.6 is 0 Å². The first kappa shape index (κ1) is 20.6. The number of hydrogen-bond acceptors (Lipinski definition) is 5. The molecule has 0 aliphatic carbocycles. The molecule has 2 aromatic rings. The highest BCUT2D eigenvalue weighted by Gasteiger charge is 2.31. The van der Waals surface area contributed by atoms with Crippen LogP contribution in [-0.4, -0.2) is 44.9 Å². The van der Waals surface area contributed by atoms with Gasteiger partial charge in [-0.15, -0.1) is 0 Å². The molecule has 7 nitrogen and oxygen atoms in total. The SMILES string of the molecule is O=C(Nc1ccc2c(c1)OCCO2)C1CCN(S(=O)(=O)Cc2ccc(F)cc2)CC1. The van der Waals surface area contributed by atoms with E-state index in [0.717, 1.165) is 0 Å². The van der Waals surface area contributed by atoms with Crippen molar-refractivity contribution in [2.45, 2.75) is 18.6 Å². The van der Waals surface area contributed by atoms with Crippen molar-refractivity contribution in [3.05, 3.63) is 53.8 Å². The molecule has 4 rings (SSSR count). The third-order valence-electron chi connectivity index (χ3n) is 5.29. The summed E-state index contributed by atoms with van der Waals surface area (Å²) in [5, 5.41) is 2.88. The molecular formula is C21H23FN2O5S. The Labute approximate surface area is 174 Å². The second-order valence-corrected chi connectivity index (χ2v) is 9.37. The smallest absolute Gasteiger partial charge is 0.227 e. The molecule has 0 aromatic heterocycles. The Hall–Kier alpha value is -2.65. The molecule has 2 heterocycles. The Kier molecular flexibility index (Phi) is 5.92. The normalized spacial score (nSPS) is 17.5. The molecule has 1 amide bonds. The maximum atomic E-state index is 13.0. The van der Waals surface area contributed by atoms with Crippen molar-refractivity contribution >= 4 is 21.6 Å². The molecule has 0 radical (unpaired) electrons. The molecule has 2 aliphatic rings. The summed E-state index contributed by atoms with van der Waals surface area (Å²) in [6.07, 6.45) is 0.887. The minimum Gasteiger partial charge on any atom is -0.486 e. The summed E-state index contributed by atoms with van der Waals surface area (Å²) in [5.74, 6) is 0.264. The van der Waals surface area contributed by atoms with E-state index in [2.05, 4.69) is 5.32 Å². The van der Waals surface area contributed by atoms with E-state index in [1.165, 1.54) is 28.6 Å². The van der Waals surface area contributed by atoms with Crippen LogP contribution < -0.4 is 14.8 Å². The van der Waals surface area contributed by atoms with Gasteiger partial charge in [-0.1, -0.05) is 12.1 Å². The van der Waals surface area contributed by atoms with E-state index in [1.807, 2.05) is 0 Å². The maximum absolute atomic E-state index is 13.0. The van der Waals surface area contributed by atoms with Gasteiger partial charge in [0.15, 0.2) is 11.5 Å². The van der Waals surface area contributed by atoms with Crippen LogP contribution in [0, 0.1) is 11.7 Å². The second-order valence-electron chi connectivity index (χ2n) is 7.40. The van der Waals surface area contributed by atoms with Gasteiger partial charge in [0.2, 0.25) is 15.9 Å². The zero-order chi connectivity index (χ0) is 21.1. The minimum atomic E-state index is -3.52. The first-order chi connectivity index (χ1) is 14.4. The van der Waals surface area contributed by atoms with Gasteiger partial charge in [0.25, 0.3) is 0 Å². The van der Waals surface area contributed by atoms with Crippen molar-refractivity contribution in [1.29, 1.82) is 0 Å². The molecule has 1 fully saturated rings. The number of piperidine rings is 1. The number of fused-ring (bicyclic) bond motifs is 1. The molecule has 2 aliphatic heterocycles. The fraction of sp³-hybridized carbons (Fsp3) is 0.381. The van der Waals surface area contributed by atoms with Crippen LogP contribution in [0.3, 0.4) is 0 Å². The Bertz CT molecular complexity index is 1020. The van der Waals surface area contributed by atoms with E-state index in [4.69, 9.17) is 9.47 Å². The van der Waals surface area contributed by atoms with Gasteiger partial charge in [-0.2, -0.15) is 0 Å². The quantitative estimate of drug-likeness (QED) is 0.782. The lowest BCUT2D eigenvalue weighted by Gasteiger charge is -2.30. The highest BCUT2D eigenvalue weighted by atomic mass is 32.2. The largest absolute Gasteiger partial charge is 0.486 e. The lowest BCUT2D eigenvalue weighted by Crippen LogP contribution is -2.41. The number of carbonyl (C=O) groups is 1. The van der Waals surface area contributed by atoms with Crippen LogP contribution in [0.4, 0.5) is 10.1 Å². The fourth-order valence-electron chi connectivity index (χ4n) is 3.64. The summed E-state index contributed by atoms with van der Waals surface area (Å²) in [7, 11) is -3.52. The van der Waals surface area contributed by atoms with E-state index in [1.54, 1.807) is 18.2 Å². The number of hydrogen-bond donors (Lipinski definition) is 1. The predicted octanol–water partition coefficient (Wildman–Crippen LogP) is 2.78. The fourth-order valence-corrected chi connectivity index (χ4v) is 5.21. The number of amides is 1. The molecule has 2 aromatic carbocycles. The summed E-state index contributed by atoms with van der Waals surface area (Å²) in [6, 6.07) is 10.7. The number of nitrogens with one attached hydrogen (secondary N) is 1. The first-order valence-corrected chi connectivity index (χ1v) is 11.4. The second kappa shape index (κ2) is 8.61. The molecule has 30 heavy (non-hydrogen) atoms. The van der Waals surface area contributed by atoms with E-state index in [9.17, 15) is 17.6 Å². The monoisotopic (exact) mass is 434 g/mol. The van der Waals surface area contributed by atoms with Crippen molar-refractivity contribution < 1.29 is 27.1 Å². The minimum absolute atomic E-state index is 0.137. The molecular weight excluding hydrogens is 411 g/mol. The van der Waals surface area contributed by atoms with Gasteiger partial charge in [-0.25, -0.2) is 17.1 Å². The number of nitrogens with zero attached hydrogens (tertiary/aromatic N) is 1. The highest BCUT2D eigenvalue weighted by molar-refractivity contribution is 7.88. The molecule has 0 unspecified atom stereocenters. The van der Waals surface area contributed by atoms with Crippen LogP contribution in [0.25, 0.3) is 0 Å². The lowest BCUT2D eigenvalue weighted by atomic mass is 9.97. The number of benzene rings is 2. The number of carbonyl (C=O) groups excluding carboxylic acids is 1. The van der Waals surface area contributed by atoms with Crippen molar-refractivity contribution in [3.8, 4) is 11.5 Å². The summed E-state index contributed by atoms with van der Waals surface area (Å²) in [5.41, 5.74) is 1.16. The Morgan fingerprint density at radius 2 is 1.70 bits per heavy atom. The van der Waals surface area contributed by atoms with Crippen molar-refractivity contribution in [1.82, 2.24) is 4.31 Å². The number of rotatable bonds is 5. The van der Waals surface area contributed by atoms with Crippen LogP contribution in [0.2, 0.25) is 0 Å². The van der Waals surface area contributed by atoms with Gasteiger partial charge in [-0.3, -0.25) is 4.79 Å². The van der Waals surface area contributed by atoms with Crippen molar-refractivity contribution in [2.24, 2.45) is 5.92 Å². The Balaban J connectivity index is 1.32. The van der Waals surface area contributed by atoms with Gasteiger partial charge in [0, 0.05) is 30.8 Å². The number of ether oxygens (including phenoxy) is 2. The lowest BCUT2D eigenvalue weighted by molar-refractivity contribution is -0.120. The summed E-state index contributed by atoms with van der Waals surface area (Å²) in [6.45, 7) is 1.53. The third-order valence-corrected chi connectivity index (χ3v) is 7.14. The van der Waals surface area contributed by atoms with E-state index >= 15 is 0 Å². The van der Waals surface area contributed by atoms with Gasteiger partial charge in [0.1, 0.15) is 19.0 Å². The van der Waals surface area contributed by atoms with Gasteiger partial charge < -0.3 is 14.8 Å². The maximum Gasteiger partial charge on any atom is 0.227 e. The number of halogens is 1. The molecule has 9 heteroatoms. The molecule has 160 valence electrons. The van der Waals surface area contributed by atoms with Crippen LogP contribution in [0.1, 0.15) is 18.4 Å². The number of sulfonamides is 1. The van der Waals surface area contributed by atoms with E-state index in [-0.39, 0.29) is 30.7 Å². The summed E-state index contributed by atoms with van der Waals surface area (Å²) in [4.78, 5) is 12.6. The summed E-state index contributed by atoms with van der Waals surface area (Å²) >= 11 is 0. The topological polar surface area (TPSA) is 84.9 Å². The van der Waals surface area contributed by atoms with E-state index < -0.39 is 15.8 Å². The first-order valence-electron chi connectivity index (χ1n) is 9.83.